The number of H-pyrrole nitrogens is 1. The third-order valence-corrected chi connectivity index (χ3v) is 5.73. The first-order valence-electron chi connectivity index (χ1n) is 9.99. The summed E-state index contributed by atoms with van der Waals surface area (Å²) in [4.78, 5) is 28.9. The van der Waals surface area contributed by atoms with Crippen LogP contribution in [0.4, 0.5) is 5.69 Å². The van der Waals surface area contributed by atoms with Crippen LogP contribution in [-0.2, 0) is 6.42 Å². The van der Waals surface area contributed by atoms with E-state index in [-0.39, 0.29) is 11.6 Å². The van der Waals surface area contributed by atoms with E-state index < -0.39 is 0 Å². The third-order valence-electron chi connectivity index (χ3n) is 5.73. The van der Waals surface area contributed by atoms with Crippen LogP contribution >= 0.6 is 0 Å². The second kappa shape index (κ2) is 7.72. The molecular weight excluding hydrogens is 350 g/mol. The Hall–Kier alpha value is -2.73. The zero-order chi connectivity index (χ0) is 19.7. The summed E-state index contributed by atoms with van der Waals surface area (Å²) in [6.07, 6.45) is 2.61. The number of hydrogen-bond donors (Lipinski definition) is 1. The summed E-state index contributed by atoms with van der Waals surface area (Å²) in [5.74, 6) is 0. The molecule has 0 aliphatic carbocycles. The number of fused-ring (bicyclic) bond motifs is 1. The first kappa shape index (κ1) is 18.6. The fourth-order valence-corrected chi connectivity index (χ4v) is 3.87. The van der Waals surface area contributed by atoms with Crippen molar-refractivity contribution in [1.29, 1.82) is 0 Å². The fraction of sp³-hybridized carbons (Fsp3) is 0.409. The molecular formula is C22H27N5O. The van der Waals surface area contributed by atoms with Gasteiger partial charge in [0, 0.05) is 37.9 Å². The molecule has 0 saturated carbocycles. The molecule has 4 rings (SSSR count). The summed E-state index contributed by atoms with van der Waals surface area (Å²) in [6.45, 7) is 10.2. The van der Waals surface area contributed by atoms with Crippen LogP contribution in [0.5, 0.6) is 0 Å². The topological polar surface area (TPSA) is 65.1 Å². The van der Waals surface area contributed by atoms with Gasteiger partial charge in [-0.2, -0.15) is 0 Å². The minimum atomic E-state index is -0.0832. The molecule has 0 amide bonds. The Morgan fingerprint density at radius 3 is 2.61 bits per heavy atom. The van der Waals surface area contributed by atoms with Gasteiger partial charge in [0.2, 0.25) is 0 Å². The molecule has 3 heterocycles. The number of piperazine rings is 1. The average molecular weight is 377 g/mol. The van der Waals surface area contributed by atoms with Crippen LogP contribution in [0.3, 0.4) is 0 Å². The van der Waals surface area contributed by atoms with E-state index in [0.29, 0.717) is 12.1 Å². The van der Waals surface area contributed by atoms with Crippen LogP contribution in [0.2, 0.25) is 0 Å². The number of nitrogens with zero attached hydrogens (tertiary/aromatic N) is 4. The van der Waals surface area contributed by atoms with Crippen LogP contribution in [0.25, 0.3) is 11.0 Å². The van der Waals surface area contributed by atoms with Crippen molar-refractivity contribution in [3.8, 4) is 0 Å². The van der Waals surface area contributed by atoms with Crippen molar-refractivity contribution >= 4 is 16.7 Å². The molecule has 0 radical (unpaired) electrons. The Morgan fingerprint density at radius 2 is 1.93 bits per heavy atom. The van der Waals surface area contributed by atoms with Gasteiger partial charge < -0.3 is 9.88 Å². The van der Waals surface area contributed by atoms with E-state index in [1.807, 2.05) is 26.1 Å². The fourth-order valence-electron chi connectivity index (χ4n) is 3.87. The lowest BCUT2D eigenvalue weighted by atomic mass is 10.0. The second-order valence-corrected chi connectivity index (χ2v) is 7.50. The largest absolute Gasteiger partial charge is 0.368 e. The smallest absolute Gasteiger partial charge is 0.270 e. The van der Waals surface area contributed by atoms with Gasteiger partial charge in [0.15, 0.2) is 0 Å². The minimum absolute atomic E-state index is 0.0832. The molecule has 1 aliphatic rings. The molecule has 1 fully saturated rings. The first-order valence-corrected chi connectivity index (χ1v) is 9.99. The van der Waals surface area contributed by atoms with Crippen LogP contribution in [0, 0.1) is 6.92 Å². The van der Waals surface area contributed by atoms with Gasteiger partial charge in [-0.05, 0) is 50.1 Å². The van der Waals surface area contributed by atoms with Gasteiger partial charge in [-0.1, -0.05) is 13.0 Å². The lowest BCUT2D eigenvalue weighted by Gasteiger charge is -2.39. The molecule has 1 aliphatic heterocycles. The van der Waals surface area contributed by atoms with Crippen molar-refractivity contribution in [3.05, 3.63) is 63.8 Å². The molecule has 1 unspecified atom stereocenters. The summed E-state index contributed by atoms with van der Waals surface area (Å²) in [7, 11) is 0. The zero-order valence-corrected chi connectivity index (χ0v) is 16.8. The van der Waals surface area contributed by atoms with Gasteiger partial charge in [-0.25, -0.2) is 4.98 Å². The Kier molecular flexibility index (Phi) is 5.13. The van der Waals surface area contributed by atoms with Gasteiger partial charge in [-0.3, -0.25) is 14.7 Å². The normalized spacial score (nSPS) is 16.5. The quantitative estimate of drug-likeness (QED) is 0.757. The summed E-state index contributed by atoms with van der Waals surface area (Å²) >= 11 is 0. The van der Waals surface area contributed by atoms with Crippen LogP contribution in [0.15, 0.2) is 41.3 Å². The van der Waals surface area contributed by atoms with E-state index in [2.05, 4.69) is 55.9 Å². The predicted molar refractivity (Wildman–Crippen MR) is 113 cm³/mol. The highest BCUT2D eigenvalue weighted by molar-refractivity contribution is 5.75. The first-order chi connectivity index (χ1) is 13.5. The molecule has 1 atom stereocenters. The van der Waals surface area contributed by atoms with Gasteiger partial charge >= 0.3 is 0 Å². The van der Waals surface area contributed by atoms with E-state index in [9.17, 15) is 4.79 Å². The number of anilines is 1. The molecule has 1 aromatic carbocycles. The van der Waals surface area contributed by atoms with Crippen LogP contribution in [0.1, 0.15) is 36.8 Å². The summed E-state index contributed by atoms with van der Waals surface area (Å²) in [5, 5.41) is 0. The Bertz CT molecular complexity index is 1020. The molecule has 3 aromatic rings. The van der Waals surface area contributed by atoms with E-state index in [1.54, 1.807) is 0 Å². The lowest BCUT2D eigenvalue weighted by molar-refractivity contribution is 0.198. The van der Waals surface area contributed by atoms with Crippen LogP contribution in [-0.4, -0.2) is 46.0 Å². The van der Waals surface area contributed by atoms with Gasteiger partial charge in [0.1, 0.15) is 5.69 Å². The molecule has 2 aromatic heterocycles. The number of nitrogens with one attached hydrogen (secondary N) is 1. The van der Waals surface area contributed by atoms with Crippen molar-refractivity contribution in [2.45, 2.75) is 33.2 Å². The highest BCUT2D eigenvalue weighted by atomic mass is 16.1. The molecule has 0 bridgehead atoms. The maximum atomic E-state index is 12.1. The summed E-state index contributed by atoms with van der Waals surface area (Å²) < 4.78 is 0. The van der Waals surface area contributed by atoms with Crippen molar-refractivity contribution in [1.82, 2.24) is 19.9 Å². The molecule has 0 spiro atoms. The third kappa shape index (κ3) is 3.64. The number of hydrogen-bond acceptors (Lipinski definition) is 5. The van der Waals surface area contributed by atoms with E-state index in [0.717, 1.165) is 42.9 Å². The highest BCUT2D eigenvalue weighted by Gasteiger charge is 2.22. The lowest BCUT2D eigenvalue weighted by Crippen LogP contribution is -2.47. The molecule has 1 saturated heterocycles. The zero-order valence-electron chi connectivity index (χ0n) is 16.8. The standard InChI is InChI=1S/C22H27N5O/c1-4-19-22(28)25-21-13-17(6-8-20(21)24-19)16(3)26-9-11-27(12-10-26)18-7-5-15(2)23-14-18/h5-8,13-14,16H,4,9-12H2,1-3H3,(H,25,28). The van der Waals surface area contributed by atoms with Gasteiger partial charge in [0.25, 0.3) is 5.56 Å². The monoisotopic (exact) mass is 377 g/mol. The minimum Gasteiger partial charge on any atom is -0.368 e. The Labute approximate surface area is 165 Å². The van der Waals surface area contributed by atoms with Gasteiger partial charge in [0.05, 0.1) is 22.9 Å². The van der Waals surface area contributed by atoms with E-state index in [4.69, 9.17) is 0 Å². The average Bonchev–Trinajstić information content (AvgIpc) is 2.73. The second-order valence-electron chi connectivity index (χ2n) is 7.50. The maximum absolute atomic E-state index is 12.1. The number of aromatic amines is 1. The van der Waals surface area contributed by atoms with Crippen LogP contribution < -0.4 is 10.5 Å². The van der Waals surface area contributed by atoms with Crippen molar-refractivity contribution in [2.24, 2.45) is 0 Å². The predicted octanol–water partition coefficient (Wildman–Crippen LogP) is 3.07. The number of benzene rings is 1. The molecule has 146 valence electrons. The molecule has 6 nitrogen and oxygen atoms in total. The maximum Gasteiger partial charge on any atom is 0.270 e. The number of pyridine rings is 1. The molecule has 28 heavy (non-hydrogen) atoms. The van der Waals surface area contributed by atoms with E-state index in [1.165, 1.54) is 11.3 Å². The SMILES string of the molecule is CCc1nc2ccc(C(C)N3CCN(c4ccc(C)nc4)CC3)cc2[nH]c1=O. The van der Waals surface area contributed by atoms with Crippen molar-refractivity contribution < 1.29 is 0 Å². The summed E-state index contributed by atoms with van der Waals surface area (Å²) in [6, 6.07) is 10.7. The molecule has 6 heteroatoms. The molecule has 1 N–H and O–H groups in total. The van der Waals surface area contributed by atoms with Crippen molar-refractivity contribution in [3.63, 3.8) is 0 Å². The van der Waals surface area contributed by atoms with E-state index >= 15 is 0 Å². The van der Waals surface area contributed by atoms with Crippen molar-refractivity contribution in [2.75, 3.05) is 31.1 Å². The number of rotatable bonds is 4. The number of aryl methyl sites for hydroxylation is 2. The summed E-state index contributed by atoms with van der Waals surface area (Å²) in [5.41, 5.74) is 5.62. The number of aromatic nitrogens is 3. The van der Waals surface area contributed by atoms with Gasteiger partial charge in [-0.15, -0.1) is 0 Å². The highest BCUT2D eigenvalue weighted by Crippen LogP contribution is 2.25. The Morgan fingerprint density at radius 1 is 1.14 bits per heavy atom. The Balaban J connectivity index is 1.48.